The molecule has 0 saturated heterocycles. The van der Waals surface area contributed by atoms with Crippen LogP contribution in [0.2, 0.25) is 5.02 Å². The maximum Gasteiger partial charge on any atom is 0.348 e. The first-order chi connectivity index (χ1) is 14.9. The van der Waals surface area contributed by atoms with Crippen molar-refractivity contribution >= 4 is 17.5 Å². The number of halogens is 2. The molecule has 31 heavy (non-hydrogen) atoms. The van der Waals surface area contributed by atoms with Gasteiger partial charge in [0.1, 0.15) is 5.82 Å². The van der Waals surface area contributed by atoms with Gasteiger partial charge in [-0.2, -0.15) is 4.68 Å². The third kappa shape index (κ3) is 4.27. The molecule has 0 atom stereocenters. The van der Waals surface area contributed by atoms with Crippen molar-refractivity contribution in [3.8, 4) is 17.1 Å². The molecule has 6 nitrogen and oxygen atoms in total. The maximum atomic E-state index is 14.1. The van der Waals surface area contributed by atoms with Crippen LogP contribution in [0.1, 0.15) is 21.5 Å². The highest BCUT2D eigenvalue weighted by Crippen LogP contribution is 2.27. The number of rotatable bonds is 5. The van der Waals surface area contributed by atoms with E-state index in [0.717, 1.165) is 15.8 Å². The lowest BCUT2D eigenvalue weighted by molar-refractivity contribution is 0.0951. The number of aromatic amines is 1. The summed E-state index contributed by atoms with van der Waals surface area (Å²) in [5.41, 5.74) is 2.48. The molecule has 0 bridgehead atoms. The average Bonchev–Trinajstić information content (AvgIpc) is 3.14. The molecule has 0 spiro atoms. The van der Waals surface area contributed by atoms with E-state index in [9.17, 15) is 14.0 Å². The van der Waals surface area contributed by atoms with Crippen molar-refractivity contribution in [2.75, 3.05) is 0 Å². The third-order valence-corrected chi connectivity index (χ3v) is 5.21. The highest BCUT2D eigenvalue weighted by Gasteiger charge is 2.16. The number of hydrogen-bond acceptors (Lipinski definition) is 3. The van der Waals surface area contributed by atoms with Crippen LogP contribution in [0, 0.1) is 12.7 Å². The highest BCUT2D eigenvalue weighted by molar-refractivity contribution is 6.33. The van der Waals surface area contributed by atoms with Gasteiger partial charge < -0.3 is 5.32 Å². The molecule has 0 radical (unpaired) electrons. The van der Waals surface area contributed by atoms with Gasteiger partial charge in [-0.15, -0.1) is 5.10 Å². The van der Waals surface area contributed by atoms with Gasteiger partial charge >= 0.3 is 5.69 Å². The fourth-order valence-electron chi connectivity index (χ4n) is 3.18. The van der Waals surface area contributed by atoms with Crippen LogP contribution in [0.4, 0.5) is 4.39 Å². The third-order valence-electron chi connectivity index (χ3n) is 4.89. The van der Waals surface area contributed by atoms with Gasteiger partial charge in [0.2, 0.25) is 0 Å². The minimum atomic E-state index is -0.589. The zero-order chi connectivity index (χ0) is 22.0. The fourth-order valence-corrected chi connectivity index (χ4v) is 3.43. The van der Waals surface area contributed by atoms with E-state index in [1.807, 2.05) is 31.2 Å². The van der Waals surface area contributed by atoms with E-state index in [1.54, 1.807) is 24.3 Å². The zero-order valence-corrected chi connectivity index (χ0v) is 17.3. The van der Waals surface area contributed by atoms with Crippen molar-refractivity contribution in [1.29, 1.82) is 0 Å². The molecule has 8 heteroatoms. The number of benzene rings is 3. The van der Waals surface area contributed by atoms with Gasteiger partial charge in [0.05, 0.1) is 16.3 Å². The summed E-state index contributed by atoms with van der Waals surface area (Å²) < 4.78 is 15.2. The lowest BCUT2D eigenvalue weighted by Crippen LogP contribution is -2.23. The summed E-state index contributed by atoms with van der Waals surface area (Å²) in [7, 11) is 0. The number of carbonyl (C=O) groups excluding carboxylic acids is 1. The molecule has 1 heterocycles. The summed E-state index contributed by atoms with van der Waals surface area (Å²) in [5, 5.41) is 7.18. The van der Waals surface area contributed by atoms with Crippen LogP contribution in [0.3, 0.4) is 0 Å². The first-order valence-electron chi connectivity index (χ1n) is 9.51. The van der Waals surface area contributed by atoms with Gasteiger partial charge in [-0.05, 0) is 54.4 Å². The Morgan fingerprint density at radius 2 is 1.84 bits per heavy atom. The molecule has 4 aromatic rings. The fraction of sp³-hybridized carbons (Fsp3) is 0.0870. The average molecular weight is 437 g/mol. The summed E-state index contributed by atoms with van der Waals surface area (Å²) in [6.45, 7) is 2.40. The number of nitrogens with zero attached hydrogens (tertiary/aromatic N) is 2. The van der Waals surface area contributed by atoms with Gasteiger partial charge in [0.15, 0.2) is 5.82 Å². The SMILES string of the molecule is Cc1ccccc1CNC(=O)c1ccc(-n2nc(-c3c(F)cccc3Cl)[nH]c2=O)cc1. The molecule has 0 aliphatic heterocycles. The predicted molar refractivity (Wildman–Crippen MR) is 117 cm³/mol. The molecule has 1 amide bonds. The maximum absolute atomic E-state index is 14.1. The summed E-state index contributed by atoms with van der Waals surface area (Å²) in [6.07, 6.45) is 0. The Labute approximate surface area is 182 Å². The minimum absolute atomic E-state index is 0.0206. The molecule has 156 valence electrons. The van der Waals surface area contributed by atoms with Crippen molar-refractivity contribution in [3.05, 3.63) is 105 Å². The number of aromatic nitrogens is 3. The molecule has 1 aromatic heterocycles. The van der Waals surface area contributed by atoms with Crippen LogP contribution in [0.15, 0.2) is 71.5 Å². The standard InChI is InChI=1S/C23H18ClFN4O2/c1-14-5-2-3-6-16(14)13-26-22(30)15-9-11-17(12-10-15)29-23(31)27-21(28-29)20-18(24)7-4-8-19(20)25/h2-12H,13H2,1H3,(H,26,30)(H,27,28,31). The lowest BCUT2D eigenvalue weighted by atomic mass is 10.1. The van der Waals surface area contributed by atoms with Gasteiger partial charge in [-0.3, -0.25) is 9.78 Å². The molecule has 2 N–H and O–H groups in total. The van der Waals surface area contributed by atoms with Crippen LogP contribution in [-0.2, 0) is 6.54 Å². The van der Waals surface area contributed by atoms with E-state index in [0.29, 0.717) is 17.8 Å². The van der Waals surface area contributed by atoms with E-state index in [1.165, 1.54) is 18.2 Å². The Morgan fingerprint density at radius 1 is 1.10 bits per heavy atom. The first kappa shape index (κ1) is 20.6. The number of nitrogens with one attached hydrogen (secondary N) is 2. The quantitative estimate of drug-likeness (QED) is 0.490. The molecular formula is C23H18ClFN4O2. The Hall–Kier alpha value is -3.71. The van der Waals surface area contributed by atoms with Crippen molar-refractivity contribution in [2.45, 2.75) is 13.5 Å². The van der Waals surface area contributed by atoms with Crippen LogP contribution in [-0.4, -0.2) is 20.7 Å². The second kappa shape index (κ2) is 8.57. The molecular weight excluding hydrogens is 419 g/mol. The van der Waals surface area contributed by atoms with Crippen LogP contribution in [0.25, 0.3) is 17.1 Å². The molecule has 3 aromatic carbocycles. The largest absolute Gasteiger partial charge is 0.348 e. The molecule has 0 saturated carbocycles. The topological polar surface area (TPSA) is 79.8 Å². The van der Waals surface area contributed by atoms with Gasteiger partial charge in [0.25, 0.3) is 5.91 Å². The smallest absolute Gasteiger partial charge is 0.348 e. The normalized spacial score (nSPS) is 10.8. The number of aryl methyl sites for hydroxylation is 1. The van der Waals surface area contributed by atoms with E-state index < -0.39 is 11.5 Å². The number of carbonyl (C=O) groups is 1. The monoisotopic (exact) mass is 436 g/mol. The predicted octanol–water partition coefficient (Wildman–Crippen LogP) is 4.26. The molecule has 0 aliphatic rings. The molecule has 0 fully saturated rings. The molecule has 4 rings (SSSR count). The van der Waals surface area contributed by atoms with Crippen LogP contribution >= 0.6 is 11.6 Å². The Balaban J connectivity index is 1.53. The number of H-pyrrole nitrogens is 1. The summed E-state index contributed by atoms with van der Waals surface area (Å²) in [6, 6.07) is 18.4. The summed E-state index contributed by atoms with van der Waals surface area (Å²) in [5.74, 6) is -0.801. The second-order valence-electron chi connectivity index (χ2n) is 6.94. The first-order valence-corrected chi connectivity index (χ1v) is 9.88. The van der Waals surface area contributed by atoms with Crippen LogP contribution < -0.4 is 11.0 Å². The second-order valence-corrected chi connectivity index (χ2v) is 7.35. The lowest BCUT2D eigenvalue weighted by Gasteiger charge is -2.08. The van der Waals surface area contributed by atoms with E-state index >= 15 is 0 Å². The Bertz CT molecular complexity index is 1290. The molecule has 0 aliphatic carbocycles. The van der Waals surface area contributed by atoms with E-state index in [4.69, 9.17) is 11.6 Å². The van der Waals surface area contributed by atoms with Crippen molar-refractivity contribution in [1.82, 2.24) is 20.1 Å². The Kier molecular flexibility index (Phi) is 5.68. The van der Waals surface area contributed by atoms with Crippen LogP contribution in [0.5, 0.6) is 0 Å². The van der Waals surface area contributed by atoms with Gasteiger partial charge in [-0.1, -0.05) is 41.9 Å². The van der Waals surface area contributed by atoms with Crippen molar-refractivity contribution < 1.29 is 9.18 Å². The molecule has 0 unspecified atom stereocenters. The van der Waals surface area contributed by atoms with Gasteiger partial charge in [0, 0.05) is 12.1 Å². The summed E-state index contributed by atoms with van der Waals surface area (Å²) >= 11 is 6.06. The van der Waals surface area contributed by atoms with E-state index in [-0.39, 0.29) is 22.3 Å². The number of amides is 1. The Morgan fingerprint density at radius 3 is 2.55 bits per heavy atom. The zero-order valence-electron chi connectivity index (χ0n) is 16.5. The van der Waals surface area contributed by atoms with Crippen molar-refractivity contribution in [3.63, 3.8) is 0 Å². The van der Waals surface area contributed by atoms with E-state index in [2.05, 4.69) is 15.4 Å². The minimum Gasteiger partial charge on any atom is -0.348 e. The highest BCUT2D eigenvalue weighted by atomic mass is 35.5. The summed E-state index contributed by atoms with van der Waals surface area (Å²) in [4.78, 5) is 27.3. The number of hydrogen-bond donors (Lipinski definition) is 2. The van der Waals surface area contributed by atoms with Crippen molar-refractivity contribution in [2.24, 2.45) is 0 Å². The van der Waals surface area contributed by atoms with Gasteiger partial charge in [-0.25, -0.2) is 9.18 Å².